The first-order valence-corrected chi connectivity index (χ1v) is 10.2. The normalized spacial score (nSPS) is 10.8. The van der Waals surface area contributed by atoms with Crippen LogP contribution in [0.5, 0.6) is 5.75 Å². The van der Waals surface area contributed by atoms with Gasteiger partial charge in [0.15, 0.2) is 6.61 Å². The Morgan fingerprint density at radius 1 is 1.29 bits per heavy atom. The summed E-state index contributed by atoms with van der Waals surface area (Å²) in [6.07, 6.45) is 1.62. The highest BCUT2D eigenvalue weighted by atomic mass is 79.9. The van der Waals surface area contributed by atoms with Gasteiger partial charge in [0.25, 0.3) is 0 Å². The lowest BCUT2D eigenvalue weighted by Crippen LogP contribution is -2.15. The third-order valence-electron chi connectivity index (χ3n) is 3.56. The van der Waals surface area contributed by atoms with E-state index in [1.807, 2.05) is 47.8 Å². The number of carbonyl (C=O) groups excluding carboxylic acids is 1. The summed E-state index contributed by atoms with van der Waals surface area (Å²) in [6.45, 7) is 1.92. The van der Waals surface area contributed by atoms with Crippen molar-refractivity contribution in [1.82, 2.24) is 4.98 Å². The van der Waals surface area contributed by atoms with Crippen LogP contribution < -0.4 is 10.2 Å². The average Bonchev–Trinajstić information content (AvgIpc) is 3.17. The minimum absolute atomic E-state index is 0.156. The largest absolute Gasteiger partial charge is 0.481 e. The van der Waals surface area contributed by atoms with Gasteiger partial charge in [-0.3, -0.25) is 5.43 Å². The lowest BCUT2D eigenvalue weighted by molar-refractivity contribution is -0.145. The molecule has 144 valence electrons. The number of esters is 1. The van der Waals surface area contributed by atoms with Crippen LogP contribution in [-0.2, 0) is 9.53 Å². The number of hydrogen-bond acceptors (Lipinski definition) is 7. The first kappa shape index (κ1) is 20.0. The molecule has 28 heavy (non-hydrogen) atoms. The van der Waals surface area contributed by atoms with Crippen LogP contribution in [0.1, 0.15) is 12.5 Å². The van der Waals surface area contributed by atoms with E-state index in [0.717, 1.165) is 15.7 Å². The molecule has 3 rings (SSSR count). The van der Waals surface area contributed by atoms with Crippen LogP contribution in [-0.4, -0.2) is 30.4 Å². The summed E-state index contributed by atoms with van der Waals surface area (Å²) in [4.78, 5) is 16.0. The highest BCUT2D eigenvalue weighted by molar-refractivity contribution is 9.10. The maximum absolute atomic E-state index is 11.5. The number of hydrogen-bond donors (Lipinski definition) is 1. The Bertz CT molecular complexity index is 960. The highest BCUT2D eigenvalue weighted by Crippen LogP contribution is 2.25. The van der Waals surface area contributed by atoms with Gasteiger partial charge in [0.1, 0.15) is 5.75 Å². The number of ether oxygens (including phenoxy) is 2. The van der Waals surface area contributed by atoms with Crippen molar-refractivity contribution in [3.63, 3.8) is 0 Å². The standard InChI is InChI=1S/C20H18BrN3O3S/c1-2-26-19(25)12-27-18-9-8-16(21)10-15(18)11-22-24-20-23-17(13-28-20)14-6-4-3-5-7-14/h3-11,13H,2,12H2,1H3,(H,23,24). The number of thiazole rings is 1. The summed E-state index contributed by atoms with van der Waals surface area (Å²) in [5.74, 6) is 0.119. The molecule has 0 aliphatic rings. The zero-order chi connectivity index (χ0) is 19.8. The predicted octanol–water partition coefficient (Wildman–Crippen LogP) is 4.96. The molecule has 6 nitrogen and oxygen atoms in total. The smallest absolute Gasteiger partial charge is 0.344 e. The van der Waals surface area contributed by atoms with Crippen LogP contribution in [0.25, 0.3) is 11.3 Å². The second-order valence-electron chi connectivity index (χ2n) is 5.55. The molecule has 3 aromatic rings. The second-order valence-corrected chi connectivity index (χ2v) is 7.32. The molecule has 0 unspecified atom stereocenters. The van der Waals surface area contributed by atoms with Crippen molar-refractivity contribution < 1.29 is 14.3 Å². The van der Waals surface area contributed by atoms with E-state index in [1.165, 1.54) is 11.3 Å². The summed E-state index contributed by atoms with van der Waals surface area (Å²) in [6, 6.07) is 15.4. The lowest BCUT2D eigenvalue weighted by atomic mass is 10.2. The van der Waals surface area contributed by atoms with Crippen molar-refractivity contribution in [1.29, 1.82) is 0 Å². The molecule has 0 atom stereocenters. The van der Waals surface area contributed by atoms with Gasteiger partial charge in [0, 0.05) is 21.0 Å². The quantitative estimate of drug-likeness (QED) is 0.292. The van der Waals surface area contributed by atoms with Crippen LogP contribution in [0.3, 0.4) is 0 Å². The van der Waals surface area contributed by atoms with Crippen molar-refractivity contribution in [2.75, 3.05) is 18.6 Å². The van der Waals surface area contributed by atoms with E-state index in [9.17, 15) is 4.79 Å². The number of nitrogens with zero attached hydrogens (tertiary/aromatic N) is 2. The van der Waals surface area contributed by atoms with E-state index in [2.05, 4.69) is 31.4 Å². The van der Waals surface area contributed by atoms with Gasteiger partial charge in [-0.15, -0.1) is 11.3 Å². The third kappa shape index (κ3) is 5.64. The molecule has 0 aliphatic carbocycles. The van der Waals surface area contributed by atoms with Gasteiger partial charge in [-0.05, 0) is 25.1 Å². The number of halogens is 1. The highest BCUT2D eigenvalue weighted by Gasteiger charge is 2.08. The SMILES string of the molecule is CCOC(=O)COc1ccc(Br)cc1C=NNc1nc(-c2ccccc2)cs1. The van der Waals surface area contributed by atoms with E-state index < -0.39 is 5.97 Å². The Balaban J connectivity index is 1.66. The molecule has 1 N–H and O–H groups in total. The van der Waals surface area contributed by atoms with Crippen LogP contribution in [0.2, 0.25) is 0 Å². The Kier molecular flexibility index (Phi) is 7.16. The van der Waals surface area contributed by atoms with E-state index >= 15 is 0 Å². The van der Waals surface area contributed by atoms with Crippen LogP contribution >= 0.6 is 27.3 Å². The fourth-order valence-corrected chi connectivity index (χ4v) is 3.36. The van der Waals surface area contributed by atoms with E-state index in [4.69, 9.17) is 9.47 Å². The minimum atomic E-state index is -0.414. The summed E-state index contributed by atoms with van der Waals surface area (Å²) in [5, 5.41) is 6.89. The number of carbonyl (C=O) groups is 1. The van der Waals surface area contributed by atoms with Gasteiger partial charge in [0.2, 0.25) is 5.13 Å². The molecule has 0 saturated heterocycles. The number of hydrazone groups is 1. The average molecular weight is 460 g/mol. The van der Waals surface area contributed by atoms with Crippen LogP contribution in [0.15, 0.2) is 63.5 Å². The molecule has 0 saturated carbocycles. The molecule has 0 amide bonds. The summed E-state index contributed by atoms with van der Waals surface area (Å²) >= 11 is 4.90. The molecular formula is C20H18BrN3O3S. The number of nitrogens with one attached hydrogen (secondary N) is 1. The Labute approximate surface area is 175 Å². The van der Waals surface area contributed by atoms with Gasteiger partial charge in [-0.2, -0.15) is 5.10 Å². The fraction of sp³-hybridized carbons (Fsp3) is 0.150. The molecule has 1 aromatic heterocycles. The van der Waals surface area contributed by atoms with E-state index in [1.54, 1.807) is 19.2 Å². The van der Waals surface area contributed by atoms with Crippen LogP contribution in [0, 0.1) is 0 Å². The second kappa shape index (κ2) is 10.0. The van der Waals surface area contributed by atoms with Gasteiger partial charge in [0.05, 0.1) is 18.5 Å². The first-order chi connectivity index (χ1) is 13.7. The number of benzene rings is 2. The molecular weight excluding hydrogens is 442 g/mol. The maximum Gasteiger partial charge on any atom is 0.344 e. The lowest BCUT2D eigenvalue weighted by Gasteiger charge is -2.09. The Morgan fingerprint density at radius 3 is 2.89 bits per heavy atom. The molecule has 0 aliphatic heterocycles. The zero-order valence-corrected chi connectivity index (χ0v) is 17.5. The van der Waals surface area contributed by atoms with Gasteiger partial charge in [-0.1, -0.05) is 46.3 Å². The van der Waals surface area contributed by atoms with E-state index in [0.29, 0.717) is 23.1 Å². The summed E-state index contributed by atoms with van der Waals surface area (Å²) < 4.78 is 11.3. The third-order valence-corrected chi connectivity index (χ3v) is 4.80. The van der Waals surface area contributed by atoms with Gasteiger partial charge < -0.3 is 9.47 Å². The molecule has 0 bridgehead atoms. The van der Waals surface area contributed by atoms with Gasteiger partial charge in [-0.25, -0.2) is 9.78 Å². The van der Waals surface area contributed by atoms with Crippen molar-refractivity contribution in [2.24, 2.45) is 5.10 Å². The van der Waals surface area contributed by atoms with Crippen molar-refractivity contribution in [3.8, 4) is 17.0 Å². The van der Waals surface area contributed by atoms with Crippen LogP contribution in [0.4, 0.5) is 5.13 Å². The topological polar surface area (TPSA) is 72.8 Å². The monoisotopic (exact) mass is 459 g/mol. The Hall–Kier alpha value is -2.71. The van der Waals surface area contributed by atoms with Gasteiger partial charge >= 0.3 is 5.97 Å². The van der Waals surface area contributed by atoms with Crippen molar-refractivity contribution >= 4 is 44.6 Å². The number of aromatic nitrogens is 1. The molecule has 8 heteroatoms. The minimum Gasteiger partial charge on any atom is -0.481 e. The summed E-state index contributed by atoms with van der Waals surface area (Å²) in [5.41, 5.74) is 5.59. The predicted molar refractivity (Wildman–Crippen MR) is 115 cm³/mol. The van der Waals surface area contributed by atoms with Crippen molar-refractivity contribution in [3.05, 3.63) is 63.9 Å². The molecule has 0 spiro atoms. The fourth-order valence-electron chi connectivity index (χ4n) is 2.31. The molecule has 0 radical (unpaired) electrons. The number of rotatable bonds is 8. The molecule has 1 heterocycles. The molecule has 2 aromatic carbocycles. The molecule has 0 fully saturated rings. The zero-order valence-electron chi connectivity index (χ0n) is 15.1. The Morgan fingerprint density at radius 2 is 2.11 bits per heavy atom. The van der Waals surface area contributed by atoms with Crippen molar-refractivity contribution in [2.45, 2.75) is 6.92 Å². The first-order valence-electron chi connectivity index (χ1n) is 8.53. The maximum atomic E-state index is 11.5. The number of anilines is 1. The summed E-state index contributed by atoms with van der Waals surface area (Å²) in [7, 11) is 0. The van der Waals surface area contributed by atoms with E-state index in [-0.39, 0.29) is 6.61 Å².